The van der Waals surface area contributed by atoms with Gasteiger partial charge in [-0.1, -0.05) is 29.8 Å². The van der Waals surface area contributed by atoms with E-state index in [4.69, 9.17) is 11.6 Å². The minimum atomic E-state index is -4.70. The van der Waals surface area contributed by atoms with Gasteiger partial charge >= 0.3 is 6.18 Å². The van der Waals surface area contributed by atoms with E-state index in [9.17, 15) is 26.4 Å². The van der Waals surface area contributed by atoms with Crippen molar-refractivity contribution in [3.63, 3.8) is 0 Å². The molecule has 0 aliphatic carbocycles. The number of nitrogens with one attached hydrogen (secondary N) is 1. The maximum Gasteiger partial charge on any atom is 0.418 e. The molecular formula is C16H13ClF3NO3S. The van der Waals surface area contributed by atoms with E-state index >= 15 is 0 Å². The SMILES string of the molecule is O=C(CCS(=O)(=O)c1ccccc1)Nc1ccc(Cl)cc1C(F)(F)F. The highest BCUT2D eigenvalue weighted by molar-refractivity contribution is 7.91. The number of sulfone groups is 1. The number of amides is 1. The summed E-state index contributed by atoms with van der Waals surface area (Å²) in [7, 11) is -3.70. The quantitative estimate of drug-likeness (QED) is 0.832. The lowest BCUT2D eigenvalue weighted by Gasteiger charge is -2.14. The normalized spacial score (nSPS) is 12.0. The molecule has 4 nitrogen and oxygen atoms in total. The van der Waals surface area contributed by atoms with Gasteiger partial charge in [0.15, 0.2) is 9.84 Å². The molecule has 0 saturated carbocycles. The fraction of sp³-hybridized carbons (Fsp3) is 0.188. The summed E-state index contributed by atoms with van der Waals surface area (Å²) in [4.78, 5) is 11.9. The zero-order chi connectivity index (χ0) is 18.7. The van der Waals surface area contributed by atoms with Crippen molar-refractivity contribution >= 4 is 33.0 Å². The van der Waals surface area contributed by atoms with Gasteiger partial charge in [-0.2, -0.15) is 13.2 Å². The Kier molecular flexibility index (Phi) is 5.74. The lowest BCUT2D eigenvalue weighted by molar-refractivity contribution is -0.137. The molecule has 0 radical (unpaired) electrons. The van der Waals surface area contributed by atoms with E-state index in [0.29, 0.717) is 6.07 Å². The molecule has 1 amide bonds. The summed E-state index contributed by atoms with van der Waals surface area (Å²) >= 11 is 5.56. The molecule has 2 aromatic rings. The van der Waals surface area contributed by atoms with Gasteiger partial charge in [0.05, 0.1) is 21.9 Å². The molecule has 9 heteroatoms. The van der Waals surface area contributed by atoms with Crippen molar-refractivity contribution in [2.75, 3.05) is 11.1 Å². The minimum Gasteiger partial charge on any atom is -0.325 e. The summed E-state index contributed by atoms with van der Waals surface area (Å²) < 4.78 is 63.1. The van der Waals surface area contributed by atoms with Gasteiger partial charge in [0.2, 0.25) is 5.91 Å². The molecule has 0 aliphatic rings. The van der Waals surface area contributed by atoms with Gasteiger partial charge in [-0.05, 0) is 30.3 Å². The largest absolute Gasteiger partial charge is 0.418 e. The fourth-order valence-corrected chi connectivity index (χ4v) is 3.48. The highest BCUT2D eigenvalue weighted by Crippen LogP contribution is 2.36. The highest BCUT2D eigenvalue weighted by atomic mass is 35.5. The Hall–Kier alpha value is -2.06. The van der Waals surface area contributed by atoms with Crippen molar-refractivity contribution in [2.45, 2.75) is 17.5 Å². The molecule has 0 fully saturated rings. The van der Waals surface area contributed by atoms with Crippen LogP contribution in [0.15, 0.2) is 53.4 Å². The number of carbonyl (C=O) groups excluding carboxylic acids is 1. The van der Waals surface area contributed by atoms with Crippen LogP contribution in [0.3, 0.4) is 0 Å². The zero-order valence-electron chi connectivity index (χ0n) is 12.7. The Morgan fingerprint density at radius 2 is 1.72 bits per heavy atom. The number of hydrogen-bond acceptors (Lipinski definition) is 3. The van der Waals surface area contributed by atoms with Crippen LogP contribution in [0.5, 0.6) is 0 Å². The molecule has 2 rings (SSSR count). The molecule has 0 saturated heterocycles. The second kappa shape index (κ2) is 7.45. The maximum atomic E-state index is 13.0. The number of alkyl halides is 3. The predicted molar refractivity (Wildman–Crippen MR) is 88.2 cm³/mol. The van der Waals surface area contributed by atoms with Crippen molar-refractivity contribution in [1.82, 2.24) is 0 Å². The van der Waals surface area contributed by atoms with Crippen molar-refractivity contribution in [3.8, 4) is 0 Å². The van der Waals surface area contributed by atoms with Gasteiger partial charge in [-0.15, -0.1) is 0 Å². The van der Waals surface area contributed by atoms with Gasteiger partial charge < -0.3 is 5.32 Å². The van der Waals surface area contributed by atoms with Crippen molar-refractivity contribution in [2.24, 2.45) is 0 Å². The third kappa shape index (κ3) is 5.20. The summed E-state index contributed by atoms with van der Waals surface area (Å²) in [6, 6.07) is 10.4. The van der Waals surface area contributed by atoms with E-state index < -0.39 is 45.3 Å². The smallest absolute Gasteiger partial charge is 0.325 e. The molecule has 0 atom stereocenters. The number of hydrogen-bond donors (Lipinski definition) is 1. The first-order chi connectivity index (χ1) is 11.6. The first-order valence-corrected chi connectivity index (χ1v) is 9.07. The average molecular weight is 392 g/mol. The van der Waals surface area contributed by atoms with Crippen LogP contribution in [0, 0.1) is 0 Å². The van der Waals surface area contributed by atoms with Gasteiger partial charge in [-0.3, -0.25) is 4.79 Å². The van der Waals surface area contributed by atoms with E-state index in [-0.39, 0.29) is 9.92 Å². The Labute approximate surface area is 147 Å². The molecule has 134 valence electrons. The topological polar surface area (TPSA) is 63.2 Å². The van der Waals surface area contributed by atoms with Gasteiger partial charge in [0, 0.05) is 11.4 Å². The number of rotatable bonds is 5. The molecule has 0 unspecified atom stereocenters. The third-order valence-electron chi connectivity index (χ3n) is 3.26. The number of halogens is 4. The van der Waals surface area contributed by atoms with Crippen molar-refractivity contribution in [3.05, 3.63) is 59.1 Å². The summed E-state index contributed by atoms with van der Waals surface area (Å²) in [6.45, 7) is 0. The molecule has 0 spiro atoms. The lowest BCUT2D eigenvalue weighted by Crippen LogP contribution is -2.19. The second-order valence-electron chi connectivity index (χ2n) is 5.12. The Bertz CT molecular complexity index is 868. The molecule has 2 aromatic carbocycles. The predicted octanol–water partition coefficient (Wildman–Crippen LogP) is 4.16. The van der Waals surface area contributed by atoms with Crippen LogP contribution < -0.4 is 5.32 Å². The monoisotopic (exact) mass is 391 g/mol. The highest BCUT2D eigenvalue weighted by Gasteiger charge is 2.34. The Balaban J connectivity index is 2.09. The molecule has 0 heterocycles. The van der Waals surface area contributed by atoms with Crippen LogP contribution in [0.1, 0.15) is 12.0 Å². The summed E-state index contributed by atoms with van der Waals surface area (Å²) in [5.41, 5.74) is -1.57. The Morgan fingerprint density at radius 1 is 1.08 bits per heavy atom. The van der Waals surface area contributed by atoms with Crippen LogP contribution in [-0.2, 0) is 20.8 Å². The number of anilines is 1. The van der Waals surface area contributed by atoms with E-state index in [0.717, 1.165) is 6.07 Å². The zero-order valence-corrected chi connectivity index (χ0v) is 14.3. The number of carbonyl (C=O) groups is 1. The molecule has 1 N–H and O–H groups in total. The average Bonchev–Trinajstić information content (AvgIpc) is 2.55. The van der Waals surface area contributed by atoms with Crippen molar-refractivity contribution < 1.29 is 26.4 Å². The van der Waals surface area contributed by atoms with Crippen LogP contribution in [-0.4, -0.2) is 20.1 Å². The van der Waals surface area contributed by atoms with Gasteiger partial charge in [0.1, 0.15) is 0 Å². The van der Waals surface area contributed by atoms with Crippen LogP contribution in [0.4, 0.5) is 18.9 Å². The van der Waals surface area contributed by atoms with Crippen LogP contribution in [0.2, 0.25) is 5.02 Å². The van der Waals surface area contributed by atoms with Crippen LogP contribution >= 0.6 is 11.6 Å². The molecular weight excluding hydrogens is 379 g/mol. The lowest BCUT2D eigenvalue weighted by atomic mass is 10.1. The molecule has 0 aliphatic heterocycles. The molecule has 25 heavy (non-hydrogen) atoms. The van der Waals surface area contributed by atoms with E-state index in [1.165, 1.54) is 30.3 Å². The van der Waals surface area contributed by atoms with E-state index in [1.54, 1.807) is 6.07 Å². The summed E-state index contributed by atoms with van der Waals surface area (Å²) in [5.74, 6) is -1.36. The van der Waals surface area contributed by atoms with Gasteiger partial charge in [0.25, 0.3) is 0 Å². The first-order valence-electron chi connectivity index (χ1n) is 7.04. The van der Waals surface area contributed by atoms with Crippen LogP contribution in [0.25, 0.3) is 0 Å². The van der Waals surface area contributed by atoms with Gasteiger partial charge in [-0.25, -0.2) is 8.42 Å². The van der Waals surface area contributed by atoms with Crippen molar-refractivity contribution in [1.29, 1.82) is 0 Å². The minimum absolute atomic E-state index is 0.0465. The maximum absolute atomic E-state index is 13.0. The standard InChI is InChI=1S/C16H13ClF3NO3S/c17-11-6-7-14(13(10-11)16(18,19)20)21-15(22)8-9-25(23,24)12-4-2-1-3-5-12/h1-7,10H,8-9H2,(H,21,22). The van der Waals surface area contributed by atoms with E-state index in [2.05, 4.69) is 5.32 Å². The number of benzene rings is 2. The molecule has 0 aromatic heterocycles. The first kappa shape index (κ1) is 19.3. The Morgan fingerprint density at radius 3 is 2.32 bits per heavy atom. The summed E-state index contributed by atoms with van der Waals surface area (Å²) in [6.07, 6.45) is -5.18. The molecule has 0 bridgehead atoms. The fourth-order valence-electron chi connectivity index (χ4n) is 2.05. The second-order valence-corrected chi connectivity index (χ2v) is 7.66. The van der Waals surface area contributed by atoms with E-state index in [1.807, 2.05) is 0 Å². The third-order valence-corrected chi connectivity index (χ3v) is 5.23. The summed E-state index contributed by atoms with van der Waals surface area (Å²) in [5, 5.41) is 1.96.